The van der Waals surface area contributed by atoms with E-state index in [0.717, 1.165) is 6.07 Å². The first-order valence-electron chi connectivity index (χ1n) is 6.68. The Morgan fingerprint density at radius 2 is 1.90 bits per heavy atom. The molecule has 0 aromatic carbocycles. The molecular formula is C14H21F3N2OS. The van der Waals surface area contributed by atoms with Crippen LogP contribution in [0, 0.1) is 6.92 Å². The molecule has 1 rings (SSSR count). The third-order valence-corrected chi connectivity index (χ3v) is 4.58. The topological polar surface area (TPSA) is 42.0 Å². The van der Waals surface area contributed by atoms with Crippen LogP contribution in [-0.4, -0.2) is 13.9 Å². The van der Waals surface area contributed by atoms with Crippen LogP contribution in [0.5, 0.6) is 0 Å². The maximum Gasteiger partial charge on any atom is 0.416 e. The van der Waals surface area contributed by atoms with E-state index in [1.54, 1.807) is 27.7 Å². The number of halogens is 3. The summed E-state index contributed by atoms with van der Waals surface area (Å²) in [5, 5.41) is 0. The van der Waals surface area contributed by atoms with Crippen LogP contribution in [0.4, 0.5) is 13.2 Å². The molecule has 0 amide bonds. The fourth-order valence-electron chi connectivity index (χ4n) is 1.77. The fourth-order valence-corrected chi connectivity index (χ4v) is 2.67. The van der Waals surface area contributed by atoms with Crippen LogP contribution in [0.25, 0.3) is 0 Å². The van der Waals surface area contributed by atoms with E-state index in [-0.39, 0.29) is 5.56 Å². The Kier molecular flexibility index (Phi) is 5.55. The lowest BCUT2D eigenvalue weighted by molar-refractivity contribution is -0.138. The summed E-state index contributed by atoms with van der Waals surface area (Å²) in [4.78, 5) is 3.95. The maximum absolute atomic E-state index is 13.2. The van der Waals surface area contributed by atoms with Gasteiger partial charge in [-0.2, -0.15) is 13.2 Å². The van der Waals surface area contributed by atoms with Crippen LogP contribution in [0.15, 0.2) is 12.3 Å². The second-order valence-corrected chi connectivity index (χ2v) is 7.87. The number of alkyl halides is 3. The van der Waals surface area contributed by atoms with Crippen molar-refractivity contribution in [3.63, 3.8) is 0 Å². The zero-order chi connectivity index (χ0) is 16.4. The van der Waals surface area contributed by atoms with Gasteiger partial charge in [-0.15, -0.1) is 0 Å². The van der Waals surface area contributed by atoms with Gasteiger partial charge in [-0.3, -0.25) is 4.98 Å². The predicted molar refractivity (Wildman–Crippen MR) is 78.0 cm³/mol. The lowest BCUT2D eigenvalue weighted by Crippen LogP contribution is -2.36. The standard InChI is InChI=1S/C14H21F3N2OS/c1-6-12(19-21(20)13(3,4)5)10-8-18-9(2)7-11(10)14(15,16)17/h7-8,12,19H,6H2,1-5H3/t12-,21+/m1/s1. The third-order valence-electron chi connectivity index (χ3n) is 2.97. The highest BCUT2D eigenvalue weighted by Gasteiger charge is 2.36. The van der Waals surface area contributed by atoms with E-state index in [9.17, 15) is 17.4 Å². The first-order chi connectivity index (χ1) is 9.46. The molecular weight excluding hydrogens is 301 g/mol. The van der Waals surface area contributed by atoms with Crippen molar-refractivity contribution in [2.45, 2.75) is 58.0 Å². The number of pyridine rings is 1. The molecule has 1 N–H and O–H groups in total. The van der Waals surface area contributed by atoms with Gasteiger partial charge in [0.15, 0.2) is 0 Å². The maximum atomic E-state index is 13.2. The van der Waals surface area contributed by atoms with Gasteiger partial charge in [0.05, 0.1) is 21.3 Å². The molecule has 0 aliphatic heterocycles. The Balaban J connectivity index is 3.21. The summed E-state index contributed by atoms with van der Waals surface area (Å²) in [5.41, 5.74) is -0.383. The van der Waals surface area contributed by atoms with Crippen LogP contribution in [-0.2, 0) is 17.2 Å². The largest absolute Gasteiger partial charge is 0.416 e. The van der Waals surface area contributed by atoms with Crippen molar-refractivity contribution >= 4 is 11.0 Å². The molecule has 1 heterocycles. The van der Waals surface area contributed by atoms with Crippen molar-refractivity contribution < 1.29 is 17.4 Å². The SMILES string of the molecule is CC[C@@H](N[S@@](=O)C(C)(C)C)c1cnc(C)cc1C(F)(F)F. The summed E-state index contributed by atoms with van der Waals surface area (Å²) in [5.74, 6) is 0. The Labute approximate surface area is 125 Å². The lowest BCUT2D eigenvalue weighted by atomic mass is 10.0. The van der Waals surface area contributed by atoms with Gasteiger partial charge in [-0.25, -0.2) is 8.93 Å². The molecule has 1 aromatic rings. The minimum absolute atomic E-state index is 0.0354. The second-order valence-electron chi connectivity index (χ2n) is 5.87. The minimum Gasteiger partial charge on any atom is -0.261 e. The van der Waals surface area contributed by atoms with Crippen molar-refractivity contribution in [3.05, 3.63) is 29.1 Å². The molecule has 0 saturated carbocycles. The van der Waals surface area contributed by atoms with Crippen molar-refractivity contribution in [1.29, 1.82) is 0 Å². The van der Waals surface area contributed by atoms with E-state index >= 15 is 0 Å². The highest BCUT2D eigenvalue weighted by atomic mass is 32.2. The smallest absolute Gasteiger partial charge is 0.261 e. The average Bonchev–Trinajstić information content (AvgIpc) is 2.33. The summed E-state index contributed by atoms with van der Waals surface area (Å²) in [7, 11) is -1.45. The molecule has 0 radical (unpaired) electrons. The van der Waals surface area contributed by atoms with Gasteiger partial charge in [-0.1, -0.05) is 6.92 Å². The molecule has 2 atom stereocenters. The Morgan fingerprint density at radius 3 is 2.33 bits per heavy atom. The zero-order valence-electron chi connectivity index (χ0n) is 12.8. The Morgan fingerprint density at radius 1 is 1.33 bits per heavy atom. The molecule has 1 aromatic heterocycles. The third kappa shape index (κ3) is 4.78. The Bertz CT molecular complexity index is 524. The van der Waals surface area contributed by atoms with Gasteiger partial charge in [-0.05, 0) is 40.2 Å². The molecule has 0 aliphatic rings. The normalized spacial score (nSPS) is 15.8. The molecule has 0 bridgehead atoms. The number of nitrogens with one attached hydrogen (secondary N) is 1. The van der Waals surface area contributed by atoms with Gasteiger partial charge in [0.2, 0.25) is 0 Å². The highest BCUT2D eigenvalue weighted by Crippen LogP contribution is 2.35. The molecule has 0 saturated heterocycles. The molecule has 0 unspecified atom stereocenters. The summed E-state index contributed by atoms with van der Waals surface area (Å²) in [6.07, 6.45) is -2.85. The quantitative estimate of drug-likeness (QED) is 0.913. The van der Waals surface area contributed by atoms with E-state index < -0.39 is 33.5 Å². The number of aryl methyl sites for hydroxylation is 1. The number of hydrogen-bond donors (Lipinski definition) is 1. The first-order valence-corrected chi connectivity index (χ1v) is 7.83. The van der Waals surface area contributed by atoms with Gasteiger partial charge in [0.1, 0.15) is 0 Å². The van der Waals surface area contributed by atoms with Crippen molar-refractivity contribution in [2.24, 2.45) is 0 Å². The Hall–Kier alpha value is -0.950. The van der Waals surface area contributed by atoms with E-state index in [1.165, 1.54) is 13.1 Å². The number of hydrogen-bond acceptors (Lipinski definition) is 2. The van der Waals surface area contributed by atoms with Crippen LogP contribution in [0.1, 0.15) is 57.0 Å². The molecule has 21 heavy (non-hydrogen) atoms. The predicted octanol–water partition coefficient (Wildman–Crippen LogP) is 3.91. The first kappa shape index (κ1) is 18.1. The summed E-state index contributed by atoms with van der Waals surface area (Å²) in [6.45, 7) is 8.56. The van der Waals surface area contributed by atoms with Gasteiger partial charge in [0.25, 0.3) is 0 Å². The van der Waals surface area contributed by atoms with Gasteiger partial charge >= 0.3 is 6.18 Å². The van der Waals surface area contributed by atoms with Crippen LogP contribution in [0.2, 0.25) is 0 Å². The van der Waals surface area contributed by atoms with E-state index in [2.05, 4.69) is 9.71 Å². The van der Waals surface area contributed by atoms with Crippen molar-refractivity contribution in [1.82, 2.24) is 9.71 Å². The van der Waals surface area contributed by atoms with Crippen LogP contribution in [0.3, 0.4) is 0 Å². The molecule has 3 nitrogen and oxygen atoms in total. The lowest BCUT2D eigenvalue weighted by Gasteiger charge is -2.25. The van der Waals surface area contributed by atoms with Crippen LogP contribution < -0.4 is 4.72 Å². The van der Waals surface area contributed by atoms with Gasteiger partial charge < -0.3 is 0 Å². The van der Waals surface area contributed by atoms with E-state index in [1.807, 2.05) is 0 Å². The fraction of sp³-hybridized carbons (Fsp3) is 0.643. The number of aromatic nitrogens is 1. The zero-order valence-corrected chi connectivity index (χ0v) is 13.7. The van der Waals surface area contributed by atoms with Crippen molar-refractivity contribution in [2.75, 3.05) is 0 Å². The average molecular weight is 322 g/mol. The monoisotopic (exact) mass is 322 g/mol. The molecule has 0 fully saturated rings. The van der Waals surface area contributed by atoms with E-state index in [4.69, 9.17) is 0 Å². The summed E-state index contributed by atoms with van der Waals surface area (Å²) >= 11 is 0. The van der Waals surface area contributed by atoms with E-state index in [0.29, 0.717) is 12.1 Å². The van der Waals surface area contributed by atoms with Crippen molar-refractivity contribution in [3.8, 4) is 0 Å². The highest BCUT2D eigenvalue weighted by molar-refractivity contribution is 7.84. The molecule has 7 heteroatoms. The number of nitrogens with zero attached hydrogens (tertiary/aromatic N) is 1. The summed E-state index contributed by atoms with van der Waals surface area (Å²) in [6, 6.07) is 0.370. The van der Waals surface area contributed by atoms with Crippen LogP contribution >= 0.6 is 0 Å². The minimum atomic E-state index is -4.46. The number of rotatable bonds is 4. The van der Waals surface area contributed by atoms with Gasteiger partial charge in [0, 0.05) is 23.5 Å². The molecule has 120 valence electrons. The molecule has 0 spiro atoms. The summed E-state index contributed by atoms with van der Waals surface area (Å²) < 4.78 is 53.9. The second kappa shape index (κ2) is 6.44. The molecule has 0 aliphatic carbocycles.